The molecular weight excluding hydrogens is 228 g/mol. The molecule has 0 heterocycles. The third-order valence-electron chi connectivity index (χ3n) is 3.99. The van der Waals surface area contributed by atoms with E-state index >= 15 is 0 Å². The van der Waals surface area contributed by atoms with Crippen LogP contribution in [0.25, 0.3) is 0 Å². The molecule has 1 aliphatic carbocycles. The molecule has 0 amide bonds. The van der Waals surface area contributed by atoms with E-state index in [0.717, 1.165) is 12.0 Å². The molecule has 1 aromatic carbocycles. The highest BCUT2D eigenvalue weighted by atomic mass is 16.4. The Morgan fingerprint density at radius 2 is 2.28 bits per heavy atom. The van der Waals surface area contributed by atoms with Gasteiger partial charge >= 0.3 is 5.97 Å². The maximum Gasteiger partial charge on any atom is 0.310 e. The van der Waals surface area contributed by atoms with Gasteiger partial charge in [0, 0.05) is 12.5 Å². The van der Waals surface area contributed by atoms with Gasteiger partial charge in [0.25, 0.3) is 0 Å². The van der Waals surface area contributed by atoms with Crippen molar-refractivity contribution in [1.82, 2.24) is 0 Å². The van der Waals surface area contributed by atoms with Crippen LogP contribution in [0.3, 0.4) is 0 Å². The summed E-state index contributed by atoms with van der Waals surface area (Å²) in [5, 5.41) is 18.4. The Hall–Kier alpha value is -1.86. The lowest BCUT2D eigenvalue weighted by Crippen LogP contribution is -2.45. The highest BCUT2D eigenvalue weighted by Crippen LogP contribution is 2.51. The van der Waals surface area contributed by atoms with Crippen LogP contribution in [0, 0.1) is 16.7 Å². The SMILES string of the molecule is N#Cc1cccc([C@H](CN)C2(C(=O)O)CCC2)c1. The average Bonchev–Trinajstić information content (AvgIpc) is 2.33. The van der Waals surface area contributed by atoms with E-state index < -0.39 is 11.4 Å². The largest absolute Gasteiger partial charge is 0.481 e. The number of rotatable bonds is 4. The fraction of sp³-hybridized carbons (Fsp3) is 0.429. The first-order chi connectivity index (χ1) is 8.64. The van der Waals surface area contributed by atoms with Crippen LogP contribution in [0.1, 0.15) is 36.3 Å². The molecule has 0 aliphatic heterocycles. The van der Waals surface area contributed by atoms with Gasteiger partial charge in [0.05, 0.1) is 17.0 Å². The van der Waals surface area contributed by atoms with Crippen LogP contribution in [-0.2, 0) is 4.79 Å². The minimum Gasteiger partial charge on any atom is -0.481 e. The lowest BCUT2D eigenvalue weighted by atomic mass is 9.59. The lowest BCUT2D eigenvalue weighted by molar-refractivity contribution is -0.156. The lowest BCUT2D eigenvalue weighted by Gasteiger charge is -2.44. The summed E-state index contributed by atoms with van der Waals surface area (Å²) >= 11 is 0. The van der Waals surface area contributed by atoms with Gasteiger partial charge in [-0.25, -0.2) is 0 Å². The first-order valence-electron chi connectivity index (χ1n) is 6.07. The van der Waals surface area contributed by atoms with E-state index in [1.807, 2.05) is 6.07 Å². The van der Waals surface area contributed by atoms with E-state index in [-0.39, 0.29) is 5.92 Å². The highest BCUT2D eigenvalue weighted by Gasteiger charge is 2.50. The first kappa shape index (κ1) is 12.6. The summed E-state index contributed by atoms with van der Waals surface area (Å²) in [6.45, 7) is 0.293. The zero-order chi connectivity index (χ0) is 13.2. The summed E-state index contributed by atoms with van der Waals surface area (Å²) < 4.78 is 0. The Kier molecular flexibility index (Phi) is 3.35. The molecule has 0 aromatic heterocycles. The smallest absolute Gasteiger partial charge is 0.310 e. The molecule has 3 N–H and O–H groups in total. The van der Waals surface area contributed by atoms with E-state index in [1.54, 1.807) is 18.2 Å². The van der Waals surface area contributed by atoms with Crippen molar-refractivity contribution in [3.05, 3.63) is 35.4 Å². The summed E-state index contributed by atoms with van der Waals surface area (Å²) in [6.07, 6.45) is 2.27. The van der Waals surface area contributed by atoms with Crippen molar-refractivity contribution in [2.75, 3.05) is 6.54 Å². The Morgan fingerprint density at radius 1 is 1.56 bits per heavy atom. The van der Waals surface area contributed by atoms with Crippen LogP contribution in [0.5, 0.6) is 0 Å². The van der Waals surface area contributed by atoms with Crippen molar-refractivity contribution < 1.29 is 9.90 Å². The van der Waals surface area contributed by atoms with E-state index in [1.165, 1.54) is 0 Å². The van der Waals surface area contributed by atoms with Crippen molar-refractivity contribution in [3.63, 3.8) is 0 Å². The monoisotopic (exact) mass is 244 g/mol. The minimum absolute atomic E-state index is 0.211. The molecule has 1 aromatic rings. The number of hydrogen-bond donors (Lipinski definition) is 2. The number of nitriles is 1. The molecule has 0 spiro atoms. The van der Waals surface area contributed by atoms with Gasteiger partial charge in [0.15, 0.2) is 0 Å². The average molecular weight is 244 g/mol. The van der Waals surface area contributed by atoms with E-state index in [0.29, 0.717) is 24.9 Å². The third-order valence-corrected chi connectivity index (χ3v) is 3.99. The van der Waals surface area contributed by atoms with Crippen LogP contribution >= 0.6 is 0 Å². The molecule has 1 saturated carbocycles. The summed E-state index contributed by atoms with van der Waals surface area (Å²) in [4.78, 5) is 11.5. The van der Waals surface area contributed by atoms with Gasteiger partial charge in [-0.1, -0.05) is 18.6 Å². The zero-order valence-electron chi connectivity index (χ0n) is 10.1. The molecule has 0 bridgehead atoms. The number of nitrogens with two attached hydrogens (primary N) is 1. The third kappa shape index (κ3) is 1.87. The molecule has 0 radical (unpaired) electrons. The first-order valence-corrected chi connectivity index (χ1v) is 6.07. The minimum atomic E-state index is -0.772. The van der Waals surface area contributed by atoms with E-state index in [9.17, 15) is 9.90 Å². The summed E-state index contributed by atoms with van der Waals surface area (Å²) in [5.74, 6) is -0.983. The van der Waals surface area contributed by atoms with Gasteiger partial charge in [-0.15, -0.1) is 0 Å². The fourth-order valence-corrected chi connectivity index (χ4v) is 2.77. The maximum atomic E-state index is 11.5. The van der Waals surface area contributed by atoms with Crippen molar-refractivity contribution >= 4 is 5.97 Å². The second-order valence-corrected chi connectivity index (χ2v) is 4.84. The summed E-state index contributed by atoms with van der Waals surface area (Å²) in [5.41, 5.74) is 6.46. The standard InChI is InChI=1S/C14H16N2O2/c15-8-10-3-1-4-11(7-10)12(9-16)14(13(17)18)5-2-6-14/h1,3-4,7,12H,2,5-6,9,16H2,(H,17,18)/t12-/m0/s1. The molecule has 94 valence electrons. The summed E-state index contributed by atoms with van der Waals surface area (Å²) in [6, 6.07) is 9.18. The van der Waals surface area contributed by atoms with Crippen LogP contribution in [-0.4, -0.2) is 17.6 Å². The number of nitrogens with zero attached hydrogens (tertiary/aromatic N) is 1. The Morgan fingerprint density at radius 3 is 2.72 bits per heavy atom. The van der Waals surface area contributed by atoms with Gasteiger partial charge < -0.3 is 10.8 Å². The predicted octanol–water partition coefficient (Wildman–Crippen LogP) is 1.86. The molecule has 18 heavy (non-hydrogen) atoms. The van der Waals surface area contributed by atoms with Crippen LogP contribution < -0.4 is 5.73 Å². The fourth-order valence-electron chi connectivity index (χ4n) is 2.77. The molecule has 1 aliphatic rings. The maximum absolute atomic E-state index is 11.5. The molecular formula is C14H16N2O2. The topological polar surface area (TPSA) is 87.1 Å². The summed E-state index contributed by atoms with van der Waals surface area (Å²) in [7, 11) is 0. The normalized spacial score (nSPS) is 18.4. The predicted molar refractivity (Wildman–Crippen MR) is 66.9 cm³/mol. The Balaban J connectivity index is 2.39. The number of benzene rings is 1. The van der Waals surface area contributed by atoms with Crippen LogP contribution in [0.2, 0.25) is 0 Å². The Labute approximate surface area is 106 Å². The Bertz CT molecular complexity index is 501. The van der Waals surface area contributed by atoms with E-state index in [4.69, 9.17) is 11.0 Å². The van der Waals surface area contributed by atoms with Gasteiger partial charge in [-0.2, -0.15) is 5.26 Å². The van der Waals surface area contributed by atoms with Crippen LogP contribution in [0.15, 0.2) is 24.3 Å². The number of carboxylic acids is 1. The molecule has 2 rings (SSSR count). The molecule has 0 unspecified atom stereocenters. The molecule has 4 nitrogen and oxygen atoms in total. The quantitative estimate of drug-likeness (QED) is 0.846. The zero-order valence-corrected chi connectivity index (χ0v) is 10.1. The molecule has 4 heteroatoms. The van der Waals surface area contributed by atoms with Crippen molar-refractivity contribution in [3.8, 4) is 6.07 Å². The number of carbonyl (C=O) groups is 1. The van der Waals surface area contributed by atoms with Crippen LogP contribution in [0.4, 0.5) is 0 Å². The van der Waals surface area contributed by atoms with Gasteiger partial charge in [0.1, 0.15) is 0 Å². The molecule has 0 saturated heterocycles. The number of hydrogen-bond acceptors (Lipinski definition) is 3. The number of carboxylic acid groups (broad SMARTS) is 1. The van der Waals surface area contributed by atoms with Crippen molar-refractivity contribution in [2.45, 2.75) is 25.2 Å². The van der Waals surface area contributed by atoms with Gasteiger partial charge in [0.2, 0.25) is 0 Å². The molecule has 1 fully saturated rings. The molecule has 1 atom stereocenters. The number of aliphatic carboxylic acids is 1. The van der Waals surface area contributed by atoms with Gasteiger partial charge in [-0.3, -0.25) is 4.79 Å². The van der Waals surface area contributed by atoms with Crippen molar-refractivity contribution in [1.29, 1.82) is 5.26 Å². The second kappa shape index (κ2) is 4.79. The van der Waals surface area contributed by atoms with E-state index in [2.05, 4.69) is 6.07 Å². The highest BCUT2D eigenvalue weighted by molar-refractivity contribution is 5.77. The second-order valence-electron chi connectivity index (χ2n) is 4.84. The van der Waals surface area contributed by atoms with Crippen molar-refractivity contribution in [2.24, 2.45) is 11.1 Å². The van der Waals surface area contributed by atoms with Gasteiger partial charge in [-0.05, 0) is 30.5 Å².